The summed E-state index contributed by atoms with van der Waals surface area (Å²) in [6.45, 7) is 5.09. The highest BCUT2D eigenvalue weighted by Crippen LogP contribution is 2.08. The monoisotopic (exact) mass is 274 g/mol. The molecule has 0 saturated carbocycles. The molecule has 0 aliphatic carbocycles. The van der Waals surface area contributed by atoms with Crippen LogP contribution in [0, 0.1) is 12.3 Å². The Balaban J connectivity index is 2.40. The summed E-state index contributed by atoms with van der Waals surface area (Å²) < 4.78 is 5.02. The lowest BCUT2D eigenvalue weighted by molar-refractivity contribution is -0.115. The third-order valence-electron chi connectivity index (χ3n) is 2.13. The van der Waals surface area contributed by atoms with Gasteiger partial charge in [0.25, 0.3) is 0 Å². The smallest absolute Gasteiger partial charge is 0.408 e. The van der Waals surface area contributed by atoms with Crippen LogP contribution < -0.4 is 10.6 Å². The number of ether oxygens (including phenoxy) is 1. The highest BCUT2D eigenvalue weighted by molar-refractivity contribution is 5.93. The molecule has 0 aliphatic heterocycles. The lowest BCUT2D eigenvalue weighted by Gasteiger charge is -2.19. The fourth-order valence-electron chi connectivity index (χ4n) is 1.32. The molecule has 0 heterocycles. The number of rotatable bonds is 3. The minimum atomic E-state index is -0.629. The molecule has 1 aromatic rings. The second-order valence-electron chi connectivity index (χ2n) is 5.13. The van der Waals surface area contributed by atoms with Crippen LogP contribution in [0.1, 0.15) is 26.3 Å². The van der Waals surface area contributed by atoms with Gasteiger partial charge in [-0.1, -0.05) is 5.92 Å². The lowest BCUT2D eigenvalue weighted by atomic mass is 10.2. The molecule has 0 spiro atoms. The average Bonchev–Trinajstić information content (AvgIpc) is 2.35. The fraction of sp³-hybridized carbons (Fsp3) is 0.333. The predicted molar refractivity (Wildman–Crippen MR) is 77.2 cm³/mol. The van der Waals surface area contributed by atoms with Gasteiger partial charge in [-0.25, -0.2) is 4.79 Å². The third kappa shape index (κ3) is 5.91. The Labute approximate surface area is 118 Å². The van der Waals surface area contributed by atoms with Gasteiger partial charge in [-0.15, -0.1) is 6.42 Å². The Bertz CT molecular complexity index is 522. The van der Waals surface area contributed by atoms with Crippen molar-refractivity contribution in [1.29, 1.82) is 0 Å². The number of amides is 2. The van der Waals surface area contributed by atoms with Crippen LogP contribution in [0.2, 0.25) is 0 Å². The van der Waals surface area contributed by atoms with Gasteiger partial charge in [0.15, 0.2) is 0 Å². The largest absolute Gasteiger partial charge is 0.444 e. The Morgan fingerprint density at radius 1 is 1.25 bits per heavy atom. The van der Waals surface area contributed by atoms with Gasteiger partial charge in [-0.3, -0.25) is 4.79 Å². The Hall–Kier alpha value is -2.48. The van der Waals surface area contributed by atoms with E-state index in [0.29, 0.717) is 5.69 Å². The van der Waals surface area contributed by atoms with Gasteiger partial charge in [0.2, 0.25) is 5.91 Å². The van der Waals surface area contributed by atoms with Gasteiger partial charge >= 0.3 is 6.09 Å². The van der Waals surface area contributed by atoms with Crippen LogP contribution in [-0.2, 0) is 9.53 Å². The zero-order chi connectivity index (χ0) is 15.2. The summed E-state index contributed by atoms with van der Waals surface area (Å²) in [5, 5.41) is 5.01. The van der Waals surface area contributed by atoms with Crippen molar-refractivity contribution in [1.82, 2.24) is 5.32 Å². The highest BCUT2D eigenvalue weighted by atomic mass is 16.6. The summed E-state index contributed by atoms with van der Waals surface area (Å²) in [5.41, 5.74) is 0.751. The van der Waals surface area contributed by atoms with Gasteiger partial charge < -0.3 is 15.4 Å². The van der Waals surface area contributed by atoms with Crippen LogP contribution in [-0.4, -0.2) is 24.1 Å². The third-order valence-corrected chi connectivity index (χ3v) is 2.13. The summed E-state index contributed by atoms with van der Waals surface area (Å²) >= 11 is 0. The van der Waals surface area contributed by atoms with E-state index in [0.717, 1.165) is 5.56 Å². The zero-order valence-electron chi connectivity index (χ0n) is 11.8. The highest BCUT2D eigenvalue weighted by Gasteiger charge is 2.16. The minimum absolute atomic E-state index is 0.161. The van der Waals surface area contributed by atoms with Crippen LogP contribution in [0.15, 0.2) is 24.3 Å². The van der Waals surface area contributed by atoms with E-state index in [2.05, 4.69) is 16.6 Å². The van der Waals surface area contributed by atoms with Crippen LogP contribution in [0.25, 0.3) is 0 Å². The summed E-state index contributed by atoms with van der Waals surface area (Å²) in [4.78, 5) is 23.0. The second-order valence-corrected chi connectivity index (χ2v) is 5.13. The van der Waals surface area contributed by atoms with E-state index in [4.69, 9.17) is 11.2 Å². The van der Waals surface area contributed by atoms with E-state index in [1.54, 1.807) is 45.0 Å². The number of hydrogen-bond donors (Lipinski definition) is 2. The van der Waals surface area contributed by atoms with Gasteiger partial charge in [0.1, 0.15) is 12.1 Å². The van der Waals surface area contributed by atoms with Crippen molar-refractivity contribution in [3.8, 4) is 12.3 Å². The number of alkyl carbamates (subject to hydrolysis) is 1. The fourth-order valence-corrected chi connectivity index (χ4v) is 1.32. The lowest BCUT2D eigenvalue weighted by Crippen LogP contribution is -2.37. The van der Waals surface area contributed by atoms with Crippen LogP contribution in [0.5, 0.6) is 0 Å². The van der Waals surface area contributed by atoms with E-state index in [1.807, 2.05) is 0 Å². The Morgan fingerprint density at radius 3 is 2.35 bits per heavy atom. The molecule has 2 amide bonds. The van der Waals surface area contributed by atoms with Gasteiger partial charge in [-0.2, -0.15) is 0 Å². The maximum Gasteiger partial charge on any atom is 0.408 e. The Morgan fingerprint density at radius 2 is 1.85 bits per heavy atom. The van der Waals surface area contributed by atoms with E-state index in [9.17, 15) is 9.59 Å². The first kappa shape index (κ1) is 15.6. The van der Waals surface area contributed by atoms with Crippen molar-refractivity contribution in [2.45, 2.75) is 26.4 Å². The molecule has 5 heteroatoms. The first-order valence-electron chi connectivity index (χ1n) is 6.13. The van der Waals surface area contributed by atoms with E-state index >= 15 is 0 Å². The maximum atomic E-state index is 11.6. The average molecular weight is 274 g/mol. The number of terminal acetylenes is 1. The normalized spacial score (nSPS) is 10.3. The molecule has 0 atom stereocenters. The topological polar surface area (TPSA) is 67.4 Å². The molecule has 1 rings (SSSR count). The molecule has 0 fully saturated rings. The molecule has 0 bridgehead atoms. The molecule has 0 unspecified atom stereocenters. The quantitative estimate of drug-likeness (QED) is 0.830. The molecular formula is C15H18N2O3. The molecule has 0 aliphatic rings. The zero-order valence-corrected chi connectivity index (χ0v) is 11.8. The van der Waals surface area contributed by atoms with Crippen LogP contribution >= 0.6 is 0 Å². The molecule has 0 aromatic heterocycles. The van der Waals surface area contributed by atoms with Gasteiger partial charge in [-0.05, 0) is 45.0 Å². The second kappa shape index (κ2) is 6.62. The number of carbonyl (C=O) groups is 2. The van der Waals surface area contributed by atoms with Crippen LogP contribution in [0.3, 0.4) is 0 Å². The van der Waals surface area contributed by atoms with Crippen molar-refractivity contribution in [3.05, 3.63) is 29.8 Å². The van der Waals surface area contributed by atoms with Crippen molar-refractivity contribution >= 4 is 17.7 Å². The molecule has 106 valence electrons. The first-order chi connectivity index (χ1) is 9.30. The maximum absolute atomic E-state index is 11.6. The SMILES string of the molecule is C#Cc1ccc(NC(=O)CNC(=O)OC(C)(C)C)cc1. The first-order valence-corrected chi connectivity index (χ1v) is 6.13. The molecule has 1 aromatic carbocycles. The van der Waals surface area contributed by atoms with Crippen LogP contribution in [0.4, 0.5) is 10.5 Å². The Kier molecular flexibility index (Phi) is 5.15. The minimum Gasteiger partial charge on any atom is -0.444 e. The van der Waals surface area contributed by atoms with E-state index in [1.165, 1.54) is 0 Å². The van der Waals surface area contributed by atoms with Crippen molar-refractivity contribution in [3.63, 3.8) is 0 Å². The van der Waals surface area contributed by atoms with Crippen molar-refractivity contribution in [2.75, 3.05) is 11.9 Å². The molecule has 0 radical (unpaired) electrons. The molecule has 5 nitrogen and oxygen atoms in total. The van der Waals surface area contributed by atoms with Crippen molar-refractivity contribution < 1.29 is 14.3 Å². The summed E-state index contributed by atoms with van der Waals surface area (Å²) in [7, 11) is 0. The molecule has 20 heavy (non-hydrogen) atoms. The summed E-state index contributed by atoms with van der Waals surface area (Å²) in [6, 6.07) is 6.83. The number of anilines is 1. The molecule has 2 N–H and O–H groups in total. The number of nitrogens with one attached hydrogen (secondary N) is 2. The number of hydrogen-bond acceptors (Lipinski definition) is 3. The van der Waals surface area contributed by atoms with Gasteiger partial charge in [0.05, 0.1) is 0 Å². The summed E-state index contributed by atoms with van der Waals surface area (Å²) in [5.74, 6) is 2.14. The standard InChI is InChI=1S/C15H18N2O3/c1-5-11-6-8-12(9-7-11)17-13(18)10-16-14(19)20-15(2,3)4/h1,6-9H,10H2,2-4H3,(H,16,19)(H,17,18). The van der Waals surface area contributed by atoms with Crippen molar-refractivity contribution in [2.24, 2.45) is 0 Å². The number of benzene rings is 1. The predicted octanol–water partition coefficient (Wildman–Crippen LogP) is 2.13. The summed E-state index contributed by atoms with van der Waals surface area (Å²) in [6.07, 6.45) is 4.60. The van der Waals surface area contributed by atoms with Gasteiger partial charge in [0, 0.05) is 11.3 Å². The molecule has 0 saturated heterocycles. The van der Waals surface area contributed by atoms with E-state index in [-0.39, 0.29) is 12.5 Å². The van der Waals surface area contributed by atoms with E-state index < -0.39 is 11.7 Å². The number of carbonyl (C=O) groups excluding carboxylic acids is 2. The molecular weight excluding hydrogens is 256 g/mol.